The number of ketones is 1. The van der Waals surface area contributed by atoms with Gasteiger partial charge in [0, 0.05) is 5.75 Å². The van der Waals surface area contributed by atoms with Gasteiger partial charge in [0.2, 0.25) is 0 Å². The molecule has 0 unspecified atom stereocenters. The van der Waals surface area contributed by atoms with Crippen LogP contribution in [0.2, 0.25) is 0 Å². The van der Waals surface area contributed by atoms with E-state index in [2.05, 4.69) is 0 Å². The van der Waals surface area contributed by atoms with Gasteiger partial charge in [-0.15, -0.1) is 11.8 Å². The van der Waals surface area contributed by atoms with E-state index in [0.29, 0.717) is 12.2 Å². The van der Waals surface area contributed by atoms with Gasteiger partial charge in [-0.1, -0.05) is 13.0 Å². The summed E-state index contributed by atoms with van der Waals surface area (Å²) in [5.41, 5.74) is -1.18. The Kier molecular flexibility index (Phi) is 2.73. The Bertz CT molecular complexity index is 189. The van der Waals surface area contributed by atoms with Gasteiger partial charge >= 0.3 is 0 Å². The molecule has 1 N–H and O–H groups in total. The van der Waals surface area contributed by atoms with Gasteiger partial charge in [0.25, 0.3) is 0 Å². The van der Waals surface area contributed by atoms with Gasteiger partial charge in [0.15, 0.2) is 5.78 Å². The third-order valence-corrected chi connectivity index (χ3v) is 2.76. The third kappa shape index (κ3) is 1.84. The predicted molar refractivity (Wildman–Crippen MR) is 46.7 cm³/mol. The molecule has 1 aliphatic heterocycles. The summed E-state index contributed by atoms with van der Waals surface area (Å²) in [6.07, 6.45) is 3.96. The zero-order valence-electron chi connectivity index (χ0n) is 6.54. The minimum absolute atomic E-state index is 0.0706. The Morgan fingerprint density at radius 3 is 3.18 bits per heavy atom. The second-order valence-electron chi connectivity index (χ2n) is 2.62. The molecule has 0 aromatic heterocycles. The third-order valence-electron chi connectivity index (χ3n) is 1.86. The van der Waals surface area contributed by atoms with Gasteiger partial charge < -0.3 is 5.11 Å². The van der Waals surface area contributed by atoms with Crippen LogP contribution in [0.1, 0.15) is 13.3 Å². The molecular formula is C8H12O2S. The number of hydrogen-bond donors (Lipinski definition) is 1. The van der Waals surface area contributed by atoms with E-state index in [1.54, 1.807) is 17.8 Å². The molecule has 11 heavy (non-hydrogen) atoms. The highest BCUT2D eigenvalue weighted by atomic mass is 32.2. The van der Waals surface area contributed by atoms with E-state index >= 15 is 0 Å². The monoisotopic (exact) mass is 172 g/mol. The average Bonchev–Trinajstić information content (AvgIpc) is 2.16. The molecule has 0 saturated carbocycles. The first-order valence-corrected chi connectivity index (χ1v) is 4.85. The van der Waals surface area contributed by atoms with Crippen molar-refractivity contribution in [1.29, 1.82) is 0 Å². The number of aliphatic hydroxyl groups is 1. The summed E-state index contributed by atoms with van der Waals surface area (Å²) in [6, 6.07) is 0. The van der Waals surface area contributed by atoms with E-state index in [-0.39, 0.29) is 5.78 Å². The second kappa shape index (κ2) is 3.41. The van der Waals surface area contributed by atoms with Gasteiger partial charge in [-0.2, -0.15) is 0 Å². The Balaban J connectivity index is 2.80. The lowest BCUT2D eigenvalue weighted by molar-refractivity contribution is -0.130. The maximum Gasteiger partial charge on any atom is 0.178 e. The molecule has 62 valence electrons. The van der Waals surface area contributed by atoms with Crippen LogP contribution in [0, 0.1) is 0 Å². The topological polar surface area (TPSA) is 37.3 Å². The SMILES string of the molecule is CC[C@@]1(O)C=CCSCC1=O. The Morgan fingerprint density at radius 2 is 2.55 bits per heavy atom. The van der Waals surface area contributed by atoms with E-state index in [4.69, 9.17) is 0 Å². The van der Waals surface area contributed by atoms with Crippen molar-refractivity contribution in [3.63, 3.8) is 0 Å². The second-order valence-corrected chi connectivity index (χ2v) is 3.65. The minimum Gasteiger partial charge on any atom is -0.378 e. The van der Waals surface area contributed by atoms with Gasteiger partial charge in [0.05, 0.1) is 5.75 Å². The predicted octanol–water partition coefficient (Wildman–Crippen LogP) is 1.000. The van der Waals surface area contributed by atoms with Crippen molar-refractivity contribution < 1.29 is 9.90 Å². The van der Waals surface area contributed by atoms with E-state index in [1.807, 2.05) is 13.0 Å². The van der Waals surface area contributed by atoms with E-state index in [9.17, 15) is 9.90 Å². The Labute approximate surface area is 70.7 Å². The molecule has 0 spiro atoms. The number of Topliss-reactive ketones (excluding diaryl/α,β-unsaturated/α-hetero) is 1. The van der Waals surface area contributed by atoms with Crippen LogP contribution in [0.15, 0.2) is 12.2 Å². The van der Waals surface area contributed by atoms with Gasteiger partial charge in [0.1, 0.15) is 5.60 Å². The van der Waals surface area contributed by atoms with Gasteiger partial charge in [-0.05, 0) is 12.5 Å². The highest BCUT2D eigenvalue weighted by Crippen LogP contribution is 2.20. The van der Waals surface area contributed by atoms with Crippen molar-refractivity contribution in [3.8, 4) is 0 Å². The van der Waals surface area contributed by atoms with Crippen LogP contribution in [-0.4, -0.2) is 28.0 Å². The first-order chi connectivity index (χ1) is 5.19. The standard InChI is InChI=1S/C8H12O2S/c1-2-8(10)4-3-5-11-6-7(8)9/h3-4,10H,2,5-6H2,1H3/t8-/m1/s1. The zero-order chi connectivity index (χ0) is 8.32. The first-order valence-electron chi connectivity index (χ1n) is 3.70. The molecule has 1 heterocycles. The van der Waals surface area contributed by atoms with Crippen molar-refractivity contribution >= 4 is 17.5 Å². The van der Waals surface area contributed by atoms with Crippen LogP contribution < -0.4 is 0 Å². The molecule has 0 aromatic rings. The molecule has 0 saturated heterocycles. The van der Waals surface area contributed by atoms with Crippen molar-refractivity contribution in [1.82, 2.24) is 0 Å². The number of carbonyl (C=O) groups excluding carboxylic acids is 1. The molecule has 1 rings (SSSR count). The van der Waals surface area contributed by atoms with Crippen LogP contribution in [0.3, 0.4) is 0 Å². The summed E-state index contributed by atoms with van der Waals surface area (Å²) in [6.45, 7) is 1.82. The highest BCUT2D eigenvalue weighted by molar-refractivity contribution is 8.00. The normalized spacial score (nSPS) is 32.0. The first kappa shape index (κ1) is 8.81. The molecule has 1 atom stereocenters. The summed E-state index contributed by atoms with van der Waals surface area (Å²) >= 11 is 1.55. The molecule has 0 bridgehead atoms. The lowest BCUT2D eigenvalue weighted by Crippen LogP contribution is -2.36. The van der Waals surface area contributed by atoms with Gasteiger partial charge in [-0.25, -0.2) is 0 Å². The number of thioether (sulfide) groups is 1. The molecule has 0 radical (unpaired) electrons. The Morgan fingerprint density at radius 1 is 1.82 bits per heavy atom. The number of hydrogen-bond acceptors (Lipinski definition) is 3. The summed E-state index contributed by atoms with van der Waals surface area (Å²) in [7, 11) is 0. The van der Waals surface area contributed by atoms with Crippen LogP contribution in [0.4, 0.5) is 0 Å². The van der Waals surface area contributed by atoms with Crippen LogP contribution in [0.25, 0.3) is 0 Å². The van der Waals surface area contributed by atoms with E-state index in [0.717, 1.165) is 5.75 Å². The van der Waals surface area contributed by atoms with E-state index in [1.165, 1.54) is 0 Å². The van der Waals surface area contributed by atoms with Crippen LogP contribution in [-0.2, 0) is 4.79 Å². The highest BCUT2D eigenvalue weighted by Gasteiger charge is 2.31. The minimum atomic E-state index is -1.18. The van der Waals surface area contributed by atoms with E-state index < -0.39 is 5.60 Å². The average molecular weight is 172 g/mol. The van der Waals surface area contributed by atoms with Crippen molar-refractivity contribution in [2.45, 2.75) is 18.9 Å². The summed E-state index contributed by atoms with van der Waals surface area (Å²) in [5, 5.41) is 9.68. The van der Waals surface area contributed by atoms with Crippen molar-refractivity contribution in [3.05, 3.63) is 12.2 Å². The molecule has 0 fully saturated rings. The maximum atomic E-state index is 11.2. The molecular weight excluding hydrogens is 160 g/mol. The molecule has 3 heteroatoms. The number of rotatable bonds is 1. The van der Waals surface area contributed by atoms with Crippen molar-refractivity contribution in [2.75, 3.05) is 11.5 Å². The summed E-state index contributed by atoms with van der Waals surface area (Å²) < 4.78 is 0. The smallest absolute Gasteiger partial charge is 0.178 e. The summed E-state index contributed by atoms with van der Waals surface area (Å²) in [5.74, 6) is 1.18. The van der Waals surface area contributed by atoms with Crippen molar-refractivity contribution in [2.24, 2.45) is 0 Å². The fraction of sp³-hybridized carbons (Fsp3) is 0.625. The lowest BCUT2D eigenvalue weighted by Gasteiger charge is -2.18. The summed E-state index contributed by atoms with van der Waals surface area (Å²) in [4.78, 5) is 11.2. The fourth-order valence-corrected chi connectivity index (χ4v) is 1.78. The number of carbonyl (C=O) groups is 1. The van der Waals surface area contributed by atoms with Gasteiger partial charge in [-0.3, -0.25) is 4.79 Å². The lowest BCUT2D eigenvalue weighted by atomic mass is 9.96. The molecule has 1 aliphatic rings. The van der Waals surface area contributed by atoms with Crippen LogP contribution in [0.5, 0.6) is 0 Å². The molecule has 2 nitrogen and oxygen atoms in total. The molecule has 0 amide bonds. The molecule has 0 aromatic carbocycles. The fourth-order valence-electron chi connectivity index (χ4n) is 0.996. The zero-order valence-corrected chi connectivity index (χ0v) is 7.36. The quantitative estimate of drug-likeness (QED) is 0.599. The molecule has 0 aliphatic carbocycles. The van der Waals surface area contributed by atoms with Crippen LogP contribution >= 0.6 is 11.8 Å². The largest absolute Gasteiger partial charge is 0.378 e. The Hall–Kier alpha value is -0.280. The maximum absolute atomic E-state index is 11.2.